The van der Waals surface area contributed by atoms with Gasteiger partial charge < -0.3 is 4.74 Å². The summed E-state index contributed by atoms with van der Waals surface area (Å²) < 4.78 is 84.2. The maximum atomic E-state index is 13.1. The quantitative estimate of drug-likeness (QED) is 0.237. The molecule has 0 spiro atoms. The van der Waals surface area contributed by atoms with E-state index < -0.39 is 45.9 Å². The van der Waals surface area contributed by atoms with E-state index in [0.29, 0.717) is 12.1 Å². The summed E-state index contributed by atoms with van der Waals surface area (Å²) in [4.78, 5) is 15.1. The molecule has 0 unspecified atom stereocenters. The summed E-state index contributed by atoms with van der Waals surface area (Å²) in [5.74, 6) is -0.299. The lowest BCUT2D eigenvalue weighted by atomic mass is 10.0. The average Bonchev–Trinajstić information content (AvgIpc) is 3.14. The molecule has 5 nitrogen and oxygen atoms in total. The average molecular weight is 516 g/mol. The van der Waals surface area contributed by atoms with Crippen molar-refractivity contribution in [2.75, 3.05) is 0 Å². The highest BCUT2D eigenvalue weighted by Crippen LogP contribution is 2.44. The topological polar surface area (TPSA) is 57.0 Å². The number of nitrogens with zero attached hydrogens (tertiary/aromatic N) is 3. The van der Waals surface area contributed by atoms with Gasteiger partial charge in [0.05, 0.1) is 22.3 Å². The van der Waals surface area contributed by atoms with Gasteiger partial charge in [0.15, 0.2) is 5.82 Å². The van der Waals surface area contributed by atoms with Crippen molar-refractivity contribution in [3.8, 4) is 11.4 Å². The number of carbonyl (C=O) groups excluding carboxylic acids is 1. The molecule has 0 bridgehead atoms. The summed E-state index contributed by atoms with van der Waals surface area (Å²) in [7, 11) is 0. The molecule has 0 atom stereocenters. The minimum Gasteiger partial charge on any atom is -0.460 e. The van der Waals surface area contributed by atoms with Gasteiger partial charge in [0.2, 0.25) is 0 Å². The molecular weight excluding hydrogens is 488 g/mol. The van der Waals surface area contributed by atoms with Gasteiger partial charge in [-0.05, 0) is 31.9 Å². The minimum absolute atomic E-state index is 0.376. The predicted octanol–water partition coefficient (Wildman–Crippen LogP) is 7.75. The fourth-order valence-corrected chi connectivity index (χ4v) is 2.38. The maximum Gasteiger partial charge on any atom is 0.417 e. The van der Waals surface area contributed by atoms with Gasteiger partial charge in [-0.1, -0.05) is 46.2 Å². The van der Waals surface area contributed by atoms with E-state index in [9.17, 15) is 31.1 Å². The number of alkyl halides is 6. The zero-order valence-electron chi connectivity index (χ0n) is 19.8. The van der Waals surface area contributed by atoms with Gasteiger partial charge in [0.1, 0.15) is 6.33 Å². The van der Waals surface area contributed by atoms with Crippen molar-refractivity contribution < 1.29 is 35.9 Å². The molecule has 34 heavy (non-hydrogen) atoms. The van der Waals surface area contributed by atoms with Crippen LogP contribution >= 0.6 is 11.6 Å². The molecule has 0 amide bonds. The molecule has 0 radical (unpaired) electrons. The van der Waals surface area contributed by atoms with Crippen molar-refractivity contribution in [2.45, 2.75) is 66.9 Å². The highest BCUT2D eigenvalue weighted by Gasteiger charge is 2.41. The maximum absolute atomic E-state index is 13.1. The summed E-state index contributed by atoms with van der Waals surface area (Å²) in [5.41, 5.74) is -3.86. The molecule has 1 aromatic heterocycles. The molecule has 12 heteroatoms. The van der Waals surface area contributed by atoms with Crippen LogP contribution < -0.4 is 0 Å². The van der Waals surface area contributed by atoms with Crippen LogP contribution in [0.3, 0.4) is 0 Å². The third-order valence-electron chi connectivity index (χ3n) is 3.17. The van der Waals surface area contributed by atoms with Crippen molar-refractivity contribution in [1.29, 1.82) is 0 Å². The Bertz CT molecular complexity index is 913. The molecule has 192 valence electrons. The van der Waals surface area contributed by atoms with Crippen LogP contribution in [0.4, 0.5) is 26.3 Å². The highest BCUT2D eigenvalue weighted by atomic mass is 35.5. The van der Waals surface area contributed by atoms with Gasteiger partial charge in [-0.25, -0.2) is 14.5 Å². The number of ether oxygens (including phenoxy) is 1. The van der Waals surface area contributed by atoms with Crippen molar-refractivity contribution in [2.24, 2.45) is 5.92 Å². The van der Waals surface area contributed by atoms with Crippen LogP contribution in [0.1, 0.15) is 59.6 Å². The summed E-state index contributed by atoms with van der Waals surface area (Å²) in [5, 5.41) is 2.28. The Balaban J connectivity index is 0.00000164. The lowest BCUT2D eigenvalue weighted by molar-refractivity contribution is -0.143. The SMILES string of the molecule is CC.CC(C)C.CC(C)OC(=O)/C=C\n1cnc(-c2cc(C(F)(F)F)c(Cl)c(C(F)(F)F)c2)n1. The molecule has 1 heterocycles. The highest BCUT2D eigenvalue weighted by molar-refractivity contribution is 6.32. The van der Waals surface area contributed by atoms with Gasteiger partial charge in [-0.3, -0.25) is 0 Å². The Morgan fingerprint density at radius 2 is 1.44 bits per heavy atom. The second-order valence-corrected chi connectivity index (χ2v) is 7.84. The molecule has 0 N–H and O–H groups in total. The third kappa shape index (κ3) is 10.6. The number of benzene rings is 1. The monoisotopic (exact) mass is 515 g/mol. The van der Waals surface area contributed by atoms with Gasteiger partial charge in [-0.15, -0.1) is 5.10 Å². The molecule has 0 saturated heterocycles. The van der Waals surface area contributed by atoms with E-state index in [1.54, 1.807) is 13.8 Å². The number of esters is 1. The van der Waals surface area contributed by atoms with Gasteiger partial charge in [0, 0.05) is 17.8 Å². The van der Waals surface area contributed by atoms with E-state index in [4.69, 9.17) is 16.3 Å². The number of hydrogen-bond donors (Lipinski definition) is 0. The summed E-state index contributed by atoms with van der Waals surface area (Å²) in [6, 6.07) is 0.849. The van der Waals surface area contributed by atoms with E-state index in [1.807, 2.05) is 13.8 Å². The Kier molecular flexibility index (Phi) is 12.4. The predicted molar refractivity (Wildman–Crippen MR) is 119 cm³/mol. The number of hydrogen-bond acceptors (Lipinski definition) is 4. The second-order valence-electron chi connectivity index (χ2n) is 7.46. The Morgan fingerprint density at radius 1 is 1.00 bits per heavy atom. The number of carbonyl (C=O) groups is 1. The van der Waals surface area contributed by atoms with E-state index >= 15 is 0 Å². The molecule has 0 saturated carbocycles. The first-order valence-corrected chi connectivity index (χ1v) is 10.7. The van der Waals surface area contributed by atoms with Crippen molar-refractivity contribution in [3.63, 3.8) is 0 Å². The van der Waals surface area contributed by atoms with E-state index in [0.717, 1.165) is 29.2 Å². The lowest BCUT2D eigenvalue weighted by Crippen LogP contribution is -2.13. The fraction of sp³-hybridized carbons (Fsp3) is 0.500. The Labute approximate surface area is 199 Å². The zero-order chi connectivity index (χ0) is 26.9. The minimum atomic E-state index is -5.11. The van der Waals surface area contributed by atoms with Crippen molar-refractivity contribution in [1.82, 2.24) is 14.8 Å². The van der Waals surface area contributed by atoms with Crippen LogP contribution in [0.2, 0.25) is 5.02 Å². The molecule has 0 aliphatic carbocycles. The van der Waals surface area contributed by atoms with Crippen LogP contribution in [-0.4, -0.2) is 26.8 Å². The molecule has 2 aromatic rings. The molecule has 0 aliphatic heterocycles. The molecular formula is C22H28ClF6N3O2. The number of halogens is 7. The van der Waals surface area contributed by atoms with Crippen LogP contribution in [-0.2, 0) is 21.9 Å². The molecule has 1 aromatic carbocycles. The summed E-state index contributed by atoms with van der Waals surface area (Å²) in [6.45, 7) is 13.7. The van der Waals surface area contributed by atoms with Crippen molar-refractivity contribution in [3.05, 3.63) is 40.7 Å². The number of rotatable bonds is 4. The number of aromatic nitrogens is 3. The van der Waals surface area contributed by atoms with Crippen LogP contribution in [0.15, 0.2) is 24.5 Å². The smallest absolute Gasteiger partial charge is 0.417 e. The van der Waals surface area contributed by atoms with Gasteiger partial charge >= 0.3 is 18.3 Å². The molecule has 2 rings (SSSR count). The third-order valence-corrected chi connectivity index (χ3v) is 3.57. The van der Waals surface area contributed by atoms with E-state index in [-0.39, 0.29) is 6.10 Å². The second kappa shape index (κ2) is 13.4. The zero-order valence-corrected chi connectivity index (χ0v) is 20.6. The van der Waals surface area contributed by atoms with E-state index in [2.05, 4.69) is 30.9 Å². The van der Waals surface area contributed by atoms with Crippen molar-refractivity contribution >= 4 is 23.8 Å². The van der Waals surface area contributed by atoms with E-state index in [1.165, 1.54) is 0 Å². The largest absolute Gasteiger partial charge is 0.460 e. The standard InChI is InChI=1S/C16H12ClF6N3O2.C4H10.C2H6/c1-8(2)28-12(27)3-4-26-7-24-14(25-26)9-5-10(15(18,19)20)13(17)11(6-9)16(21,22)23;1-4(2)3;1-2/h3-8H,1-2H3;4H,1-3H3;1-2H3/b4-3-;;. The lowest BCUT2D eigenvalue weighted by Gasteiger charge is -2.16. The normalized spacial score (nSPS) is 11.8. The summed E-state index contributed by atoms with van der Waals surface area (Å²) in [6.07, 6.45) is -7.54. The fourth-order valence-electron chi connectivity index (χ4n) is 2.05. The Morgan fingerprint density at radius 3 is 1.82 bits per heavy atom. The van der Waals surface area contributed by atoms with Crippen LogP contribution in [0.25, 0.3) is 17.6 Å². The summed E-state index contributed by atoms with van der Waals surface area (Å²) >= 11 is 5.32. The first kappa shape index (κ1) is 31.4. The van der Waals surface area contributed by atoms with Crippen LogP contribution in [0.5, 0.6) is 0 Å². The van der Waals surface area contributed by atoms with Crippen LogP contribution in [0, 0.1) is 5.92 Å². The first-order valence-electron chi connectivity index (χ1n) is 10.3. The Hall–Kier alpha value is -2.56. The van der Waals surface area contributed by atoms with Gasteiger partial charge in [0.25, 0.3) is 0 Å². The van der Waals surface area contributed by atoms with Gasteiger partial charge in [-0.2, -0.15) is 26.3 Å². The molecule has 0 aliphatic rings. The first-order chi connectivity index (χ1) is 15.5. The molecule has 0 fully saturated rings.